The number of furan rings is 1. The number of alkyl halides is 3. The molecule has 2 aromatic rings. The Morgan fingerprint density at radius 3 is 2.67 bits per heavy atom. The average Bonchev–Trinajstić information content (AvgIpc) is 2.85. The van der Waals surface area contributed by atoms with Gasteiger partial charge in [-0.1, -0.05) is 0 Å². The van der Waals surface area contributed by atoms with Crippen molar-refractivity contribution in [2.75, 3.05) is 7.05 Å². The van der Waals surface area contributed by atoms with Gasteiger partial charge < -0.3 is 14.5 Å². The zero-order valence-corrected chi connectivity index (χ0v) is 11.1. The van der Waals surface area contributed by atoms with Gasteiger partial charge in [-0.15, -0.1) is 0 Å². The van der Waals surface area contributed by atoms with Crippen molar-refractivity contribution in [3.63, 3.8) is 0 Å². The molecular formula is C14H13F4NO2. The second-order valence-electron chi connectivity index (χ2n) is 4.38. The number of hydrogen-bond donors (Lipinski definition) is 1. The predicted octanol–water partition coefficient (Wildman–Crippen LogP) is 3.74. The lowest BCUT2D eigenvalue weighted by Gasteiger charge is -2.10. The minimum Gasteiger partial charge on any atom is -0.486 e. The molecule has 1 heterocycles. The molecule has 0 aliphatic rings. The molecule has 0 aliphatic heterocycles. The summed E-state index contributed by atoms with van der Waals surface area (Å²) in [6, 6.07) is 4.23. The van der Waals surface area contributed by atoms with E-state index in [0.717, 1.165) is 17.7 Å². The zero-order valence-electron chi connectivity index (χ0n) is 11.1. The van der Waals surface area contributed by atoms with Gasteiger partial charge in [0.05, 0.1) is 11.8 Å². The summed E-state index contributed by atoms with van der Waals surface area (Å²) in [6.45, 7) is 0.574. The van der Waals surface area contributed by atoms with Crippen LogP contribution in [0.2, 0.25) is 0 Å². The summed E-state index contributed by atoms with van der Waals surface area (Å²) in [5.41, 5.74) is -0.457. The van der Waals surface area contributed by atoms with Crippen molar-refractivity contribution in [3.05, 3.63) is 53.2 Å². The van der Waals surface area contributed by atoms with Crippen LogP contribution in [-0.4, -0.2) is 7.05 Å². The first-order valence-electron chi connectivity index (χ1n) is 6.10. The monoisotopic (exact) mass is 303 g/mol. The fourth-order valence-electron chi connectivity index (χ4n) is 1.76. The first-order valence-corrected chi connectivity index (χ1v) is 6.10. The summed E-state index contributed by atoms with van der Waals surface area (Å²) in [5, 5.41) is 2.93. The van der Waals surface area contributed by atoms with Crippen molar-refractivity contribution >= 4 is 0 Å². The first kappa shape index (κ1) is 15.4. The summed E-state index contributed by atoms with van der Waals surface area (Å²) in [6.07, 6.45) is -3.23. The quantitative estimate of drug-likeness (QED) is 0.855. The molecule has 0 amide bonds. The van der Waals surface area contributed by atoms with E-state index in [1.54, 1.807) is 13.1 Å². The van der Waals surface area contributed by atoms with Crippen molar-refractivity contribution in [1.29, 1.82) is 0 Å². The fourth-order valence-corrected chi connectivity index (χ4v) is 1.76. The highest BCUT2D eigenvalue weighted by atomic mass is 19.4. The van der Waals surface area contributed by atoms with Crippen LogP contribution in [0.4, 0.5) is 17.6 Å². The lowest BCUT2D eigenvalue weighted by Crippen LogP contribution is -2.08. The van der Waals surface area contributed by atoms with Gasteiger partial charge >= 0.3 is 6.18 Å². The molecule has 0 saturated carbocycles. The molecular weight excluding hydrogens is 290 g/mol. The van der Waals surface area contributed by atoms with Gasteiger partial charge in [0.2, 0.25) is 0 Å². The van der Waals surface area contributed by atoms with E-state index >= 15 is 0 Å². The van der Waals surface area contributed by atoms with Crippen molar-refractivity contribution in [3.8, 4) is 5.75 Å². The lowest BCUT2D eigenvalue weighted by atomic mass is 10.2. The SMILES string of the molecule is CNCc1coc(COc2ccc(F)c(C(F)(F)F)c2)c1. The molecule has 2 rings (SSSR count). The molecule has 1 aromatic carbocycles. The second-order valence-corrected chi connectivity index (χ2v) is 4.38. The van der Waals surface area contributed by atoms with Gasteiger partial charge in [-0.05, 0) is 31.3 Å². The Balaban J connectivity index is 2.06. The summed E-state index contributed by atoms with van der Waals surface area (Å²) in [5.74, 6) is -0.933. The molecule has 3 nitrogen and oxygen atoms in total. The average molecular weight is 303 g/mol. The number of benzene rings is 1. The first-order chi connectivity index (χ1) is 9.90. The Hall–Kier alpha value is -2.02. The topological polar surface area (TPSA) is 34.4 Å². The highest BCUT2D eigenvalue weighted by Gasteiger charge is 2.34. The van der Waals surface area contributed by atoms with E-state index in [4.69, 9.17) is 9.15 Å². The molecule has 1 aromatic heterocycles. The van der Waals surface area contributed by atoms with Gasteiger partial charge in [0.1, 0.15) is 23.9 Å². The van der Waals surface area contributed by atoms with Crippen LogP contribution < -0.4 is 10.1 Å². The molecule has 114 valence electrons. The number of hydrogen-bond acceptors (Lipinski definition) is 3. The fraction of sp³-hybridized carbons (Fsp3) is 0.286. The third-order valence-corrected chi connectivity index (χ3v) is 2.71. The maximum absolute atomic E-state index is 13.1. The van der Waals surface area contributed by atoms with E-state index in [1.165, 1.54) is 6.26 Å². The van der Waals surface area contributed by atoms with Crippen molar-refractivity contribution < 1.29 is 26.7 Å². The molecule has 0 spiro atoms. The Kier molecular flexibility index (Phi) is 4.52. The van der Waals surface area contributed by atoms with Gasteiger partial charge in [-0.2, -0.15) is 13.2 Å². The minimum atomic E-state index is -4.76. The normalized spacial score (nSPS) is 11.7. The highest BCUT2D eigenvalue weighted by molar-refractivity contribution is 5.31. The van der Waals surface area contributed by atoms with E-state index in [1.807, 2.05) is 0 Å². The van der Waals surface area contributed by atoms with Gasteiger partial charge in [-0.25, -0.2) is 4.39 Å². The van der Waals surface area contributed by atoms with E-state index < -0.39 is 17.6 Å². The maximum Gasteiger partial charge on any atom is 0.419 e. The Labute approximate surface area is 118 Å². The Morgan fingerprint density at radius 2 is 2.00 bits per heavy atom. The molecule has 0 fully saturated rings. The molecule has 0 radical (unpaired) electrons. The molecule has 0 aliphatic carbocycles. The van der Waals surface area contributed by atoms with Crippen LogP contribution in [-0.2, 0) is 19.3 Å². The van der Waals surface area contributed by atoms with E-state index in [0.29, 0.717) is 18.4 Å². The summed E-state index contributed by atoms with van der Waals surface area (Å²) >= 11 is 0. The van der Waals surface area contributed by atoms with Crippen LogP contribution in [0, 0.1) is 5.82 Å². The number of rotatable bonds is 5. The van der Waals surface area contributed by atoms with Gasteiger partial charge in [-0.3, -0.25) is 0 Å². The number of ether oxygens (including phenoxy) is 1. The minimum absolute atomic E-state index is 0.0351. The summed E-state index contributed by atoms with van der Waals surface area (Å²) in [4.78, 5) is 0. The van der Waals surface area contributed by atoms with Crippen molar-refractivity contribution in [2.45, 2.75) is 19.3 Å². The van der Waals surface area contributed by atoms with Crippen molar-refractivity contribution in [2.24, 2.45) is 0 Å². The summed E-state index contributed by atoms with van der Waals surface area (Å²) in [7, 11) is 1.78. The largest absolute Gasteiger partial charge is 0.486 e. The molecule has 21 heavy (non-hydrogen) atoms. The zero-order chi connectivity index (χ0) is 15.5. The predicted molar refractivity (Wildman–Crippen MR) is 67.2 cm³/mol. The standard InChI is InChI=1S/C14H13F4NO2/c1-19-6-9-4-11(20-7-9)8-21-10-2-3-13(15)12(5-10)14(16,17)18/h2-5,7,19H,6,8H2,1H3. The van der Waals surface area contributed by atoms with Crippen LogP contribution in [0.5, 0.6) is 5.75 Å². The van der Waals surface area contributed by atoms with Crippen LogP contribution in [0.25, 0.3) is 0 Å². The number of halogens is 4. The van der Waals surface area contributed by atoms with Gasteiger partial charge in [0.25, 0.3) is 0 Å². The van der Waals surface area contributed by atoms with E-state index in [-0.39, 0.29) is 12.4 Å². The molecule has 0 saturated heterocycles. The van der Waals surface area contributed by atoms with E-state index in [9.17, 15) is 17.6 Å². The third-order valence-electron chi connectivity index (χ3n) is 2.71. The molecule has 7 heteroatoms. The summed E-state index contributed by atoms with van der Waals surface area (Å²) < 4.78 is 61.2. The molecule has 0 unspecified atom stereocenters. The Morgan fingerprint density at radius 1 is 1.24 bits per heavy atom. The van der Waals surface area contributed by atoms with Gasteiger partial charge in [0, 0.05) is 12.1 Å². The molecule has 1 N–H and O–H groups in total. The van der Waals surface area contributed by atoms with Crippen LogP contribution >= 0.6 is 0 Å². The van der Waals surface area contributed by atoms with Gasteiger partial charge in [0.15, 0.2) is 0 Å². The van der Waals surface area contributed by atoms with Crippen molar-refractivity contribution in [1.82, 2.24) is 5.32 Å². The Bertz CT molecular complexity index is 607. The highest BCUT2D eigenvalue weighted by Crippen LogP contribution is 2.33. The second kappa shape index (κ2) is 6.17. The van der Waals surface area contributed by atoms with Crippen LogP contribution in [0.3, 0.4) is 0 Å². The van der Waals surface area contributed by atoms with Crippen LogP contribution in [0.15, 0.2) is 34.9 Å². The number of nitrogens with one attached hydrogen (secondary N) is 1. The molecule has 0 bridgehead atoms. The van der Waals surface area contributed by atoms with E-state index in [2.05, 4.69) is 5.32 Å². The third kappa shape index (κ3) is 3.98. The smallest absolute Gasteiger partial charge is 0.419 e. The maximum atomic E-state index is 13.1. The van der Waals surface area contributed by atoms with Crippen LogP contribution in [0.1, 0.15) is 16.9 Å². The molecule has 0 atom stereocenters. The lowest BCUT2D eigenvalue weighted by molar-refractivity contribution is -0.140.